The summed E-state index contributed by atoms with van der Waals surface area (Å²) in [5.74, 6) is 0.887. The summed E-state index contributed by atoms with van der Waals surface area (Å²) in [6.07, 6.45) is 1.23. The molecule has 1 aliphatic heterocycles. The molecule has 2 amide bonds. The molecule has 0 saturated carbocycles. The Morgan fingerprint density at radius 3 is 2.26 bits per heavy atom. The Balaban J connectivity index is 1.83. The van der Waals surface area contributed by atoms with Crippen LogP contribution in [-0.4, -0.2) is 62.5 Å². The molecule has 6 heteroatoms. The molecule has 31 heavy (non-hydrogen) atoms. The van der Waals surface area contributed by atoms with Gasteiger partial charge in [0.25, 0.3) is 0 Å². The van der Waals surface area contributed by atoms with Gasteiger partial charge in [-0.3, -0.25) is 9.59 Å². The fraction of sp³-hybridized carbons (Fsp3) is 0.440. The van der Waals surface area contributed by atoms with Gasteiger partial charge in [-0.05, 0) is 38.6 Å². The average Bonchev–Trinajstić information content (AvgIpc) is 2.79. The number of para-hydroxylation sites is 1. The van der Waals surface area contributed by atoms with E-state index in [4.69, 9.17) is 4.74 Å². The van der Waals surface area contributed by atoms with Crippen LogP contribution in [0, 0.1) is 0 Å². The maximum atomic E-state index is 13.6. The molecule has 1 fully saturated rings. The van der Waals surface area contributed by atoms with Crippen LogP contribution in [0.15, 0.2) is 54.6 Å². The summed E-state index contributed by atoms with van der Waals surface area (Å²) in [4.78, 5) is 29.4. The lowest BCUT2D eigenvalue weighted by Gasteiger charge is -2.41. The van der Waals surface area contributed by atoms with Gasteiger partial charge >= 0.3 is 0 Å². The summed E-state index contributed by atoms with van der Waals surface area (Å²) in [6.45, 7) is 3.23. The van der Waals surface area contributed by atoms with Gasteiger partial charge in [-0.2, -0.15) is 0 Å². The minimum atomic E-state index is -0.634. The van der Waals surface area contributed by atoms with E-state index in [1.807, 2.05) is 73.6 Å². The largest absolute Gasteiger partial charge is 0.496 e. The lowest BCUT2D eigenvalue weighted by atomic mass is 9.72. The second kappa shape index (κ2) is 9.96. The molecule has 3 rings (SSSR count). The van der Waals surface area contributed by atoms with Crippen molar-refractivity contribution in [2.45, 2.75) is 31.2 Å². The number of amides is 2. The van der Waals surface area contributed by atoms with Crippen molar-refractivity contribution in [3.8, 4) is 5.75 Å². The van der Waals surface area contributed by atoms with Crippen LogP contribution in [-0.2, 0) is 15.0 Å². The Bertz CT molecular complexity index is 890. The molecule has 1 atom stereocenters. The first-order valence-corrected chi connectivity index (χ1v) is 10.8. The van der Waals surface area contributed by atoms with Gasteiger partial charge in [0, 0.05) is 32.1 Å². The monoisotopic (exact) mass is 423 g/mol. The predicted molar refractivity (Wildman–Crippen MR) is 122 cm³/mol. The van der Waals surface area contributed by atoms with Crippen LogP contribution in [0.4, 0.5) is 0 Å². The zero-order valence-corrected chi connectivity index (χ0v) is 18.9. The summed E-state index contributed by atoms with van der Waals surface area (Å²) >= 11 is 0. The maximum Gasteiger partial charge on any atom is 0.230 e. The van der Waals surface area contributed by atoms with E-state index in [9.17, 15) is 9.59 Å². The molecule has 1 saturated heterocycles. The van der Waals surface area contributed by atoms with Gasteiger partial charge in [-0.1, -0.05) is 48.5 Å². The Hall–Kier alpha value is -2.86. The second-order valence-corrected chi connectivity index (χ2v) is 8.39. The molecule has 1 aliphatic rings. The first kappa shape index (κ1) is 22.8. The number of methoxy groups -OCH3 is 1. The molecule has 1 heterocycles. The number of hydrogen-bond acceptors (Lipinski definition) is 4. The number of likely N-dealkylation sites (tertiary alicyclic amines) is 1. The average molecular weight is 424 g/mol. The minimum Gasteiger partial charge on any atom is -0.496 e. The summed E-state index contributed by atoms with van der Waals surface area (Å²) in [5, 5.41) is 3.23. The number of ether oxygens (including phenoxy) is 1. The minimum absolute atomic E-state index is 0.0173. The molecule has 1 N–H and O–H groups in total. The van der Waals surface area contributed by atoms with Gasteiger partial charge < -0.3 is 19.9 Å². The molecule has 0 spiro atoms. The summed E-state index contributed by atoms with van der Waals surface area (Å²) in [6, 6.07) is 17.8. The Morgan fingerprint density at radius 1 is 1.06 bits per heavy atom. The fourth-order valence-electron chi connectivity index (χ4n) is 4.48. The number of benzene rings is 2. The van der Waals surface area contributed by atoms with Crippen LogP contribution in [0.3, 0.4) is 0 Å². The van der Waals surface area contributed by atoms with Crippen LogP contribution in [0.25, 0.3) is 0 Å². The van der Waals surface area contributed by atoms with Crippen molar-refractivity contribution in [2.24, 2.45) is 0 Å². The first-order valence-electron chi connectivity index (χ1n) is 10.8. The molecule has 166 valence electrons. The van der Waals surface area contributed by atoms with Gasteiger partial charge in [0.15, 0.2) is 0 Å². The van der Waals surface area contributed by atoms with Crippen LogP contribution < -0.4 is 10.1 Å². The standard InChI is InChI=1S/C25H33N3O3/c1-19(29)28-16-14-25(15-17-28,20-10-6-5-7-11-20)24(30)26-18-22(27(2)3)21-12-8-9-13-23(21)31-4/h5-13,22H,14-18H2,1-4H3,(H,26,30). The van der Waals surface area contributed by atoms with Crippen molar-refractivity contribution in [3.05, 3.63) is 65.7 Å². The SMILES string of the molecule is COc1ccccc1C(CNC(=O)C1(c2ccccc2)CCN(C(C)=O)CC1)N(C)C. The molecule has 0 aliphatic carbocycles. The van der Waals surface area contributed by atoms with Crippen molar-refractivity contribution in [1.29, 1.82) is 0 Å². The molecule has 0 bridgehead atoms. The van der Waals surface area contributed by atoms with Crippen LogP contribution >= 0.6 is 0 Å². The maximum absolute atomic E-state index is 13.6. The predicted octanol–water partition coefficient (Wildman–Crippen LogP) is 2.99. The first-order chi connectivity index (χ1) is 14.9. The summed E-state index contributed by atoms with van der Waals surface area (Å²) in [7, 11) is 5.67. The van der Waals surface area contributed by atoms with E-state index in [2.05, 4.69) is 10.2 Å². The van der Waals surface area contributed by atoms with Gasteiger partial charge in [0.2, 0.25) is 11.8 Å². The zero-order chi connectivity index (χ0) is 22.4. The highest BCUT2D eigenvalue weighted by molar-refractivity contribution is 5.89. The number of carbonyl (C=O) groups excluding carboxylic acids is 2. The van der Waals surface area contributed by atoms with Gasteiger partial charge in [-0.25, -0.2) is 0 Å². The Labute approximate surface area is 185 Å². The van der Waals surface area contributed by atoms with E-state index in [1.54, 1.807) is 14.0 Å². The number of rotatable bonds is 7. The van der Waals surface area contributed by atoms with E-state index in [-0.39, 0.29) is 17.9 Å². The summed E-state index contributed by atoms with van der Waals surface area (Å²) < 4.78 is 5.55. The van der Waals surface area contributed by atoms with E-state index in [1.165, 1.54) is 0 Å². The Morgan fingerprint density at radius 2 is 1.68 bits per heavy atom. The van der Waals surface area contributed by atoms with Crippen molar-refractivity contribution in [2.75, 3.05) is 40.8 Å². The van der Waals surface area contributed by atoms with E-state index in [0.717, 1.165) is 16.9 Å². The van der Waals surface area contributed by atoms with Crippen LogP contribution in [0.2, 0.25) is 0 Å². The number of nitrogens with one attached hydrogen (secondary N) is 1. The highest BCUT2D eigenvalue weighted by atomic mass is 16.5. The van der Waals surface area contributed by atoms with E-state index < -0.39 is 5.41 Å². The van der Waals surface area contributed by atoms with Gasteiger partial charge in [-0.15, -0.1) is 0 Å². The molecule has 2 aromatic rings. The molecule has 0 aromatic heterocycles. The summed E-state index contributed by atoms with van der Waals surface area (Å²) in [5.41, 5.74) is 1.41. The third-order valence-electron chi connectivity index (χ3n) is 6.40. The normalized spacial score (nSPS) is 16.6. The third-order valence-corrected chi connectivity index (χ3v) is 6.40. The van der Waals surface area contributed by atoms with E-state index >= 15 is 0 Å². The fourth-order valence-corrected chi connectivity index (χ4v) is 4.48. The second-order valence-electron chi connectivity index (χ2n) is 8.39. The lowest BCUT2D eigenvalue weighted by molar-refractivity contribution is -0.135. The van der Waals surface area contributed by atoms with Crippen molar-refractivity contribution < 1.29 is 14.3 Å². The third kappa shape index (κ3) is 4.90. The molecular weight excluding hydrogens is 390 g/mol. The van der Waals surface area contributed by atoms with Crippen molar-refractivity contribution in [3.63, 3.8) is 0 Å². The van der Waals surface area contributed by atoms with Crippen molar-refractivity contribution in [1.82, 2.24) is 15.1 Å². The topological polar surface area (TPSA) is 61.9 Å². The van der Waals surface area contributed by atoms with Crippen molar-refractivity contribution >= 4 is 11.8 Å². The molecular formula is C25H33N3O3. The molecule has 1 unspecified atom stereocenters. The molecule has 2 aromatic carbocycles. The number of nitrogens with zero attached hydrogens (tertiary/aromatic N) is 2. The van der Waals surface area contributed by atoms with Crippen LogP contribution in [0.1, 0.15) is 36.9 Å². The number of carbonyl (C=O) groups is 2. The lowest BCUT2D eigenvalue weighted by Crippen LogP contribution is -2.53. The number of hydrogen-bond donors (Lipinski definition) is 1. The smallest absolute Gasteiger partial charge is 0.230 e. The highest BCUT2D eigenvalue weighted by Crippen LogP contribution is 2.36. The molecule has 6 nitrogen and oxygen atoms in total. The van der Waals surface area contributed by atoms with Crippen LogP contribution in [0.5, 0.6) is 5.75 Å². The zero-order valence-electron chi connectivity index (χ0n) is 18.9. The quantitative estimate of drug-likeness (QED) is 0.744. The molecule has 0 radical (unpaired) electrons. The highest BCUT2D eigenvalue weighted by Gasteiger charge is 2.43. The van der Waals surface area contributed by atoms with Gasteiger partial charge in [0.1, 0.15) is 5.75 Å². The number of piperidine rings is 1. The van der Waals surface area contributed by atoms with E-state index in [0.29, 0.717) is 32.5 Å². The van der Waals surface area contributed by atoms with Gasteiger partial charge in [0.05, 0.1) is 18.6 Å². The number of likely N-dealkylation sites (N-methyl/N-ethyl adjacent to an activating group) is 1. The Kier molecular flexibility index (Phi) is 7.33.